The summed E-state index contributed by atoms with van der Waals surface area (Å²) >= 11 is 0. The van der Waals surface area contributed by atoms with Crippen LogP contribution in [0, 0.1) is 6.92 Å². The SMILES string of the molecule is COCCN(C)C1(Nc2cc(C)c(C(=O)O)cc2Cc2ccc3c(c2)NC(=O)C32CCOCC2)CCCCC1. The van der Waals surface area contributed by atoms with Gasteiger partial charge in [0.05, 0.1) is 23.2 Å². The highest BCUT2D eigenvalue weighted by Crippen LogP contribution is 2.45. The van der Waals surface area contributed by atoms with Crippen LogP contribution in [0.3, 0.4) is 0 Å². The molecule has 0 radical (unpaired) electrons. The van der Waals surface area contributed by atoms with Crippen molar-refractivity contribution in [3.05, 3.63) is 58.1 Å². The number of carboxylic acid groups (broad SMARTS) is 1. The monoisotopic (exact) mass is 535 g/mol. The van der Waals surface area contributed by atoms with Crippen LogP contribution in [0.4, 0.5) is 11.4 Å². The van der Waals surface area contributed by atoms with Gasteiger partial charge < -0.3 is 25.2 Å². The molecule has 39 heavy (non-hydrogen) atoms. The molecule has 2 aliphatic heterocycles. The molecule has 1 saturated heterocycles. The number of likely N-dealkylation sites (N-methyl/N-ethyl adjacent to an activating group) is 1. The number of carbonyl (C=O) groups excluding carboxylic acids is 1. The first-order valence-corrected chi connectivity index (χ1v) is 14.2. The molecule has 1 amide bonds. The summed E-state index contributed by atoms with van der Waals surface area (Å²) in [5.74, 6) is -0.866. The molecular formula is C31H41N3O5. The third kappa shape index (κ3) is 5.30. The molecule has 0 bridgehead atoms. The van der Waals surface area contributed by atoms with Crippen LogP contribution in [0.1, 0.15) is 77.6 Å². The second-order valence-corrected chi connectivity index (χ2v) is 11.5. The highest BCUT2D eigenvalue weighted by atomic mass is 16.5. The Morgan fingerprint density at radius 1 is 1.13 bits per heavy atom. The topological polar surface area (TPSA) is 100 Å². The number of nitrogens with one attached hydrogen (secondary N) is 2. The molecule has 210 valence electrons. The minimum absolute atomic E-state index is 0.0575. The molecule has 8 heteroatoms. The Balaban J connectivity index is 1.49. The number of aromatic carboxylic acids is 1. The zero-order valence-electron chi connectivity index (χ0n) is 23.4. The normalized spacial score (nSPS) is 19.6. The van der Waals surface area contributed by atoms with Gasteiger partial charge in [0.25, 0.3) is 0 Å². The van der Waals surface area contributed by atoms with Gasteiger partial charge in [0.1, 0.15) is 0 Å². The molecule has 5 rings (SSSR count). The molecule has 3 aliphatic rings. The van der Waals surface area contributed by atoms with Crippen molar-refractivity contribution in [1.29, 1.82) is 0 Å². The third-order valence-electron chi connectivity index (χ3n) is 9.11. The maximum atomic E-state index is 13.0. The summed E-state index contributed by atoms with van der Waals surface area (Å²) in [4.78, 5) is 27.5. The summed E-state index contributed by atoms with van der Waals surface area (Å²) in [6.07, 6.45) is 7.48. The van der Waals surface area contributed by atoms with Crippen LogP contribution >= 0.6 is 0 Å². The van der Waals surface area contributed by atoms with Crippen molar-refractivity contribution in [3.63, 3.8) is 0 Å². The van der Waals surface area contributed by atoms with Gasteiger partial charge in [-0.25, -0.2) is 4.79 Å². The fourth-order valence-corrected chi connectivity index (χ4v) is 6.70. The number of anilines is 2. The summed E-state index contributed by atoms with van der Waals surface area (Å²) < 4.78 is 10.9. The van der Waals surface area contributed by atoms with E-state index < -0.39 is 11.4 Å². The van der Waals surface area contributed by atoms with Crippen molar-refractivity contribution >= 4 is 23.3 Å². The van der Waals surface area contributed by atoms with E-state index >= 15 is 0 Å². The van der Waals surface area contributed by atoms with Crippen LogP contribution in [-0.4, -0.2) is 68.1 Å². The van der Waals surface area contributed by atoms with Crippen molar-refractivity contribution < 1.29 is 24.2 Å². The van der Waals surface area contributed by atoms with Gasteiger partial charge in [0, 0.05) is 38.2 Å². The molecule has 0 aromatic heterocycles. The van der Waals surface area contributed by atoms with Gasteiger partial charge in [-0.3, -0.25) is 9.69 Å². The van der Waals surface area contributed by atoms with Gasteiger partial charge >= 0.3 is 5.97 Å². The lowest BCUT2D eigenvalue weighted by atomic mass is 9.75. The zero-order chi connectivity index (χ0) is 27.6. The summed E-state index contributed by atoms with van der Waals surface area (Å²) in [7, 11) is 3.87. The van der Waals surface area contributed by atoms with E-state index in [-0.39, 0.29) is 11.6 Å². The Hall–Kier alpha value is -2.94. The van der Waals surface area contributed by atoms with Crippen molar-refractivity contribution in [2.45, 2.75) is 69.4 Å². The summed E-state index contributed by atoms with van der Waals surface area (Å²) in [5, 5.41) is 16.9. The number of ether oxygens (including phenoxy) is 2. The molecule has 1 aliphatic carbocycles. The van der Waals surface area contributed by atoms with Crippen LogP contribution in [0.5, 0.6) is 0 Å². The lowest BCUT2D eigenvalue weighted by molar-refractivity contribution is -0.124. The Bertz CT molecular complexity index is 1230. The highest BCUT2D eigenvalue weighted by molar-refractivity contribution is 6.06. The predicted molar refractivity (Wildman–Crippen MR) is 152 cm³/mol. The molecule has 0 atom stereocenters. The molecular weight excluding hydrogens is 494 g/mol. The number of carboxylic acids is 1. The molecule has 1 saturated carbocycles. The average Bonchev–Trinajstić information content (AvgIpc) is 3.18. The number of carbonyl (C=O) groups is 2. The third-order valence-corrected chi connectivity index (χ3v) is 9.11. The largest absolute Gasteiger partial charge is 0.478 e. The van der Waals surface area contributed by atoms with Crippen molar-refractivity contribution in [2.75, 3.05) is 51.2 Å². The fraction of sp³-hybridized carbons (Fsp3) is 0.548. The maximum Gasteiger partial charge on any atom is 0.335 e. The summed E-state index contributed by atoms with van der Waals surface area (Å²) in [6.45, 7) is 4.50. The van der Waals surface area contributed by atoms with Crippen molar-refractivity contribution in [3.8, 4) is 0 Å². The average molecular weight is 536 g/mol. The number of amides is 1. The Kier molecular flexibility index (Phi) is 7.99. The molecule has 2 heterocycles. The first kappa shape index (κ1) is 27.6. The lowest BCUT2D eigenvalue weighted by Crippen LogP contribution is -2.55. The van der Waals surface area contributed by atoms with E-state index in [1.54, 1.807) is 7.11 Å². The van der Waals surface area contributed by atoms with Crippen LogP contribution < -0.4 is 10.6 Å². The van der Waals surface area contributed by atoms with E-state index in [4.69, 9.17) is 9.47 Å². The summed E-state index contributed by atoms with van der Waals surface area (Å²) in [5.41, 5.74) is 5.19. The van der Waals surface area contributed by atoms with Gasteiger partial charge in [-0.05, 0) is 99.4 Å². The van der Waals surface area contributed by atoms with Crippen LogP contribution in [0.15, 0.2) is 30.3 Å². The van der Waals surface area contributed by atoms with E-state index in [2.05, 4.69) is 40.8 Å². The molecule has 2 aromatic carbocycles. The minimum Gasteiger partial charge on any atom is -0.478 e. The quantitative estimate of drug-likeness (QED) is 0.391. The second kappa shape index (κ2) is 11.3. The van der Waals surface area contributed by atoms with Crippen LogP contribution in [0.25, 0.3) is 0 Å². The first-order valence-electron chi connectivity index (χ1n) is 14.2. The van der Waals surface area contributed by atoms with E-state index in [0.717, 1.165) is 65.9 Å². The lowest BCUT2D eigenvalue weighted by Gasteiger charge is -2.46. The Labute approximate surface area is 231 Å². The van der Waals surface area contributed by atoms with Crippen LogP contribution in [-0.2, 0) is 26.1 Å². The highest BCUT2D eigenvalue weighted by Gasteiger charge is 2.47. The Morgan fingerprint density at radius 3 is 2.56 bits per heavy atom. The number of hydrogen-bond donors (Lipinski definition) is 3. The number of hydrogen-bond acceptors (Lipinski definition) is 6. The van der Waals surface area contributed by atoms with E-state index in [1.807, 2.05) is 19.1 Å². The number of benzene rings is 2. The maximum absolute atomic E-state index is 13.0. The van der Waals surface area contributed by atoms with E-state index in [9.17, 15) is 14.7 Å². The number of rotatable bonds is 9. The van der Waals surface area contributed by atoms with E-state index in [0.29, 0.717) is 44.6 Å². The number of aryl methyl sites for hydroxylation is 1. The standard InChI is InChI=1S/C31H41N3O5/c1-21-17-26(33-31(9-5-4-6-10-31)34(2)13-16-38-3)23(20-24(21)28(35)36)18-22-7-8-25-27(19-22)32-29(37)30(25)11-14-39-15-12-30/h7-8,17,19-20,33H,4-6,9-16,18H2,1-3H3,(H,32,37)(H,35,36). The molecule has 1 spiro atoms. The predicted octanol–water partition coefficient (Wildman–Crippen LogP) is 4.93. The number of methoxy groups -OCH3 is 1. The molecule has 8 nitrogen and oxygen atoms in total. The number of nitrogens with zero attached hydrogens (tertiary/aromatic N) is 1. The smallest absolute Gasteiger partial charge is 0.335 e. The summed E-state index contributed by atoms with van der Waals surface area (Å²) in [6, 6.07) is 10.0. The number of fused-ring (bicyclic) bond motifs is 2. The van der Waals surface area contributed by atoms with Crippen molar-refractivity contribution in [1.82, 2.24) is 4.90 Å². The van der Waals surface area contributed by atoms with Gasteiger partial charge in [-0.1, -0.05) is 18.6 Å². The van der Waals surface area contributed by atoms with Gasteiger partial charge in [0.15, 0.2) is 0 Å². The fourth-order valence-electron chi connectivity index (χ4n) is 6.70. The second-order valence-electron chi connectivity index (χ2n) is 11.5. The molecule has 0 unspecified atom stereocenters. The minimum atomic E-state index is -0.924. The van der Waals surface area contributed by atoms with Gasteiger partial charge in [0.2, 0.25) is 5.91 Å². The Morgan fingerprint density at radius 2 is 1.87 bits per heavy atom. The van der Waals surface area contributed by atoms with E-state index in [1.165, 1.54) is 6.42 Å². The van der Waals surface area contributed by atoms with Crippen molar-refractivity contribution in [2.24, 2.45) is 0 Å². The molecule has 3 N–H and O–H groups in total. The van der Waals surface area contributed by atoms with Gasteiger partial charge in [-0.2, -0.15) is 0 Å². The molecule has 2 aromatic rings. The molecule has 2 fully saturated rings. The van der Waals surface area contributed by atoms with Gasteiger partial charge in [-0.15, -0.1) is 0 Å². The first-order chi connectivity index (χ1) is 18.8. The zero-order valence-corrected chi connectivity index (χ0v) is 23.4. The van der Waals surface area contributed by atoms with Crippen LogP contribution in [0.2, 0.25) is 0 Å².